The molecule has 1 saturated heterocycles. The lowest BCUT2D eigenvalue weighted by molar-refractivity contribution is -0.165. The van der Waals surface area contributed by atoms with E-state index < -0.39 is 24.1 Å². The molecular formula is C9H17NO7. The van der Waals surface area contributed by atoms with Gasteiger partial charge in [-0.2, -0.15) is 0 Å². The Bertz CT molecular complexity index is 234. The summed E-state index contributed by atoms with van der Waals surface area (Å²) >= 11 is 0. The molecule has 1 rings (SSSR count). The van der Waals surface area contributed by atoms with Gasteiger partial charge >= 0.3 is 11.9 Å². The van der Waals surface area contributed by atoms with Crippen LogP contribution in [-0.4, -0.2) is 63.8 Å². The summed E-state index contributed by atoms with van der Waals surface area (Å²) in [6.07, 6.45) is -1.80. The molecule has 3 atom stereocenters. The number of hydrogen-bond acceptors (Lipinski definition) is 6. The molecule has 0 amide bonds. The number of rotatable bonds is 4. The second kappa shape index (κ2) is 7.96. The van der Waals surface area contributed by atoms with E-state index in [0.717, 1.165) is 13.0 Å². The standard InChI is InChI=1S/C5H11NO.C4H6O6/c6-4-5-2-1-3-7-5;5-1(3(7)8)2(6)4(9)10/h5H,1-4,6H2;1-2,5-6H,(H,7,8)(H,9,10)/t5-;/m0./s1. The summed E-state index contributed by atoms with van der Waals surface area (Å²) in [5, 5.41) is 32.5. The Labute approximate surface area is 97.6 Å². The zero-order valence-corrected chi connectivity index (χ0v) is 9.15. The van der Waals surface area contributed by atoms with Crippen molar-refractivity contribution >= 4 is 11.9 Å². The first kappa shape index (κ1) is 15.8. The van der Waals surface area contributed by atoms with Gasteiger partial charge < -0.3 is 30.9 Å². The number of aliphatic hydroxyl groups is 2. The average molecular weight is 251 g/mol. The highest BCUT2D eigenvalue weighted by atomic mass is 16.5. The van der Waals surface area contributed by atoms with Crippen LogP contribution in [0.4, 0.5) is 0 Å². The molecular weight excluding hydrogens is 234 g/mol. The van der Waals surface area contributed by atoms with E-state index in [4.69, 9.17) is 30.9 Å². The van der Waals surface area contributed by atoms with Crippen LogP contribution in [0.3, 0.4) is 0 Å². The Balaban J connectivity index is 0.000000318. The number of aliphatic carboxylic acids is 2. The van der Waals surface area contributed by atoms with Crippen molar-refractivity contribution in [3.05, 3.63) is 0 Å². The number of nitrogens with two attached hydrogens (primary N) is 1. The predicted molar refractivity (Wildman–Crippen MR) is 55.3 cm³/mol. The van der Waals surface area contributed by atoms with Gasteiger partial charge in [0.2, 0.25) is 0 Å². The van der Waals surface area contributed by atoms with E-state index in [0.29, 0.717) is 12.6 Å². The summed E-state index contributed by atoms with van der Waals surface area (Å²) < 4.78 is 5.18. The third-order valence-electron chi connectivity index (χ3n) is 2.09. The number of carbonyl (C=O) groups is 2. The Morgan fingerprint density at radius 1 is 1.24 bits per heavy atom. The average Bonchev–Trinajstić information content (AvgIpc) is 2.80. The number of carboxylic acid groups (broad SMARTS) is 2. The van der Waals surface area contributed by atoms with Gasteiger partial charge in [0, 0.05) is 13.2 Å². The lowest BCUT2D eigenvalue weighted by Gasteiger charge is -2.07. The van der Waals surface area contributed by atoms with E-state index in [-0.39, 0.29) is 0 Å². The summed E-state index contributed by atoms with van der Waals surface area (Å²) in [6.45, 7) is 1.61. The number of hydrogen-bond donors (Lipinski definition) is 5. The maximum Gasteiger partial charge on any atom is 0.335 e. The highest BCUT2D eigenvalue weighted by molar-refractivity contribution is 5.83. The maximum atomic E-state index is 9.77. The third-order valence-corrected chi connectivity index (χ3v) is 2.09. The van der Waals surface area contributed by atoms with Gasteiger partial charge in [-0.1, -0.05) is 0 Å². The van der Waals surface area contributed by atoms with Gasteiger partial charge in [-0.25, -0.2) is 9.59 Å². The molecule has 100 valence electrons. The molecule has 8 nitrogen and oxygen atoms in total. The first-order chi connectivity index (χ1) is 7.90. The van der Waals surface area contributed by atoms with Crippen molar-refractivity contribution in [3.8, 4) is 0 Å². The minimum atomic E-state index is -2.27. The van der Waals surface area contributed by atoms with Crippen LogP contribution in [0.2, 0.25) is 0 Å². The fourth-order valence-electron chi connectivity index (χ4n) is 1.10. The van der Waals surface area contributed by atoms with Crippen molar-refractivity contribution < 1.29 is 34.8 Å². The van der Waals surface area contributed by atoms with E-state index in [9.17, 15) is 9.59 Å². The lowest BCUT2D eigenvalue weighted by atomic mass is 10.2. The van der Waals surface area contributed by atoms with Crippen molar-refractivity contribution in [2.45, 2.75) is 31.2 Å². The van der Waals surface area contributed by atoms with Gasteiger partial charge in [-0.05, 0) is 12.8 Å². The maximum absolute atomic E-state index is 9.77. The van der Waals surface area contributed by atoms with Gasteiger partial charge in [0.1, 0.15) is 0 Å². The molecule has 0 aliphatic carbocycles. The highest BCUT2D eigenvalue weighted by Gasteiger charge is 2.29. The summed E-state index contributed by atoms with van der Waals surface area (Å²) in [4.78, 5) is 19.5. The molecule has 6 N–H and O–H groups in total. The van der Waals surface area contributed by atoms with Gasteiger partial charge in [-0.3, -0.25) is 0 Å². The van der Waals surface area contributed by atoms with E-state index in [2.05, 4.69) is 0 Å². The number of carboxylic acids is 2. The monoisotopic (exact) mass is 251 g/mol. The summed E-state index contributed by atoms with van der Waals surface area (Å²) in [6, 6.07) is 0. The van der Waals surface area contributed by atoms with Crippen LogP contribution in [-0.2, 0) is 14.3 Å². The first-order valence-electron chi connectivity index (χ1n) is 5.03. The molecule has 1 aliphatic rings. The molecule has 0 spiro atoms. The van der Waals surface area contributed by atoms with Crippen LogP contribution in [0.15, 0.2) is 0 Å². The molecule has 8 heteroatoms. The van der Waals surface area contributed by atoms with Crippen LogP contribution >= 0.6 is 0 Å². The largest absolute Gasteiger partial charge is 0.479 e. The highest BCUT2D eigenvalue weighted by Crippen LogP contribution is 2.09. The molecule has 1 heterocycles. The van der Waals surface area contributed by atoms with Gasteiger partial charge in [0.05, 0.1) is 6.10 Å². The molecule has 0 aromatic carbocycles. The first-order valence-corrected chi connectivity index (χ1v) is 5.03. The SMILES string of the molecule is NC[C@@H]1CCCO1.O=C(O)C(O)C(O)C(=O)O. The Morgan fingerprint density at radius 2 is 1.71 bits per heavy atom. The van der Waals surface area contributed by atoms with Crippen LogP contribution in [0.5, 0.6) is 0 Å². The van der Waals surface area contributed by atoms with Crippen molar-refractivity contribution in [3.63, 3.8) is 0 Å². The third kappa shape index (κ3) is 6.17. The van der Waals surface area contributed by atoms with Crippen LogP contribution in [0, 0.1) is 0 Å². The van der Waals surface area contributed by atoms with Crippen molar-refractivity contribution in [1.82, 2.24) is 0 Å². The minimum absolute atomic E-state index is 0.375. The van der Waals surface area contributed by atoms with E-state index in [1.807, 2.05) is 0 Å². The quantitative estimate of drug-likeness (QED) is 0.385. The van der Waals surface area contributed by atoms with Gasteiger partial charge in [-0.15, -0.1) is 0 Å². The lowest BCUT2D eigenvalue weighted by Crippen LogP contribution is -2.39. The number of ether oxygens (including phenoxy) is 1. The van der Waals surface area contributed by atoms with Gasteiger partial charge in [0.15, 0.2) is 12.2 Å². The molecule has 0 bridgehead atoms. The Morgan fingerprint density at radius 3 is 1.88 bits per heavy atom. The van der Waals surface area contributed by atoms with Gasteiger partial charge in [0.25, 0.3) is 0 Å². The summed E-state index contributed by atoms with van der Waals surface area (Å²) in [5.41, 5.74) is 5.31. The smallest absolute Gasteiger partial charge is 0.335 e. The van der Waals surface area contributed by atoms with E-state index in [1.54, 1.807) is 0 Å². The molecule has 2 unspecified atom stereocenters. The van der Waals surface area contributed by atoms with Crippen molar-refractivity contribution in [2.24, 2.45) is 5.73 Å². The predicted octanol–water partition coefficient (Wildman–Crippen LogP) is -2.00. The Kier molecular flexibility index (Phi) is 7.39. The molecule has 0 aromatic rings. The van der Waals surface area contributed by atoms with Crippen molar-refractivity contribution in [2.75, 3.05) is 13.2 Å². The zero-order chi connectivity index (χ0) is 13.4. The number of aliphatic hydroxyl groups excluding tert-OH is 2. The van der Waals surface area contributed by atoms with Crippen LogP contribution in [0.1, 0.15) is 12.8 Å². The fraction of sp³-hybridized carbons (Fsp3) is 0.778. The second-order valence-corrected chi connectivity index (χ2v) is 3.44. The zero-order valence-electron chi connectivity index (χ0n) is 9.15. The van der Waals surface area contributed by atoms with E-state index in [1.165, 1.54) is 6.42 Å². The molecule has 0 radical (unpaired) electrons. The molecule has 1 aliphatic heterocycles. The molecule has 0 saturated carbocycles. The Hall–Kier alpha value is -1.22. The second-order valence-electron chi connectivity index (χ2n) is 3.44. The normalized spacial score (nSPS) is 22.2. The molecule has 17 heavy (non-hydrogen) atoms. The molecule has 0 aromatic heterocycles. The summed E-state index contributed by atoms with van der Waals surface area (Å²) in [7, 11) is 0. The topological polar surface area (TPSA) is 150 Å². The van der Waals surface area contributed by atoms with E-state index >= 15 is 0 Å². The fourth-order valence-corrected chi connectivity index (χ4v) is 1.10. The summed E-state index contributed by atoms with van der Waals surface area (Å²) in [5.74, 6) is -3.54. The minimum Gasteiger partial charge on any atom is -0.479 e. The van der Waals surface area contributed by atoms with Crippen LogP contribution in [0.25, 0.3) is 0 Å². The molecule has 1 fully saturated rings. The van der Waals surface area contributed by atoms with Crippen LogP contribution < -0.4 is 5.73 Å². The van der Waals surface area contributed by atoms with Crippen molar-refractivity contribution in [1.29, 1.82) is 0 Å².